The van der Waals surface area contributed by atoms with E-state index in [0.717, 1.165) is 23.1 Å². The highest BCUT2D eigenvalue weighted by molar-refractivity contribution is 6.32. The van der Waals surface area contributed by atoms with Crippen molar-refractivity contribution < 1.29 is 4.74 Å². The number of nitrogen functional groups attached to an aromatic ring is 1. The molecule has 0 radical (unpaired) electrons. The van der Waals surface area contributed by atoms with E-state index in [-0.39, 0.29) is 0 Å². The zero-order valence-corrected chi connectivity index (χ0v) is 10.5. The number of benzene rings is 1. The average Bonchev–Trinajstić information content (AvgIpc) is 2.75. The van der Waals surface area contributed by atoms with E-state index in [0.29, 0.717) is 16.6 Å². The minimum Gasteiger partial charge on any atom is -0.495 e. The summed E-state index contributed by atoms with van der Waals surface area (Å²) >= 11 is 6.13. The highest BCUT2D eigenvalue weighted by Crippen LogP contribution is 2.35. The molecule has 0 aliphatic rings. The number of aromatic amines is 1. The molecule has 0 spiro atoms. The van der Waals surface area contributed by atoms with Crippen molar-refractivity contribution >= 4 is 17.4 Å². The van der Waals surface area contributed by atoms with Crippen LogP contribution in [-0.2, 0) is 6.42 Å². The molecule has 0 fully saturated rings. The summed E-state index contributed by atoms with van der Waals surface area (Å²) in [4.78, 5) is 0. The number of rotatable bonds is 3. The number of nitrogens with one attached hydrogen (secondary N) is 1. The molecule has 1 aromatic heterocycles. The third-order valence-electron chi connectivity index (χ3n) is 2.72. The van der Waals surface area contributed by atoms with Gasteiger partial charge in [-0.1, -0.05) is 18.5 Å². The Bertz CT molecular complexity index is 537. The Balaban J connectivity index is 2.61. The molecule has 1 aromatic carbocycles. The van der Waals surface area contributed by atoms with Crippen molar-refractivity contribution in [3.63, 3.8) is 0 Å². The predicted molar refractivity (Wildman–Crippen MR) is 69.4 cm³/mol. The molecule has 0 aliphatic carbocycles. The summed E-state index contributed by atoms with van der Waals surface area (Å²) in [6, 6.07) is 3.80. The van der Waals surface area contributed by atoms with Gasteiger partial charge in [0.2, 0.25) is 0 Å². The number of halogens is 1. The van der Waals surface area contributed by atoms with Gasteiger partial charge in [0.1, 0.15) is 11.6 Å². The molecule has 90 valence electrons. The van der Waals surface area contributed by atoms with Crippen molar-refractivity contribution in [1.29, 1.82) is 0 Å². The highest BCUT2D eigenvalue weighted by Gasteiger charge is 2.13. The third-order valence-corrected chi connectivity index (χ3v) is 3.01. The summed E-state index contributed by atoms with van der Waals surface area (Å²) in [5, 5.41) is 7.21. The number of hydrogen-bond donors (Lipinski definition) is 2. The molecule has 1 heterocycles. The van der Waals surface area contributed by atoms with Crippen molar-refractivity contribution in [3.05, 3.63) is 28.9 Å². The van der Waals surface area contributed by atoms with Crippen LogP contribution in [0.5, 0.6) is 5.75 Å². The zero-order valence-electron chi connectivity index (χ0n) is 9.75. The summed E-state index contributed by atoms with van der Waals surface area (Å²) in [5.74, 6) is 1.22. The molecule has 0 aliphatic heterocycles. The second-order valence-electron chi connectivity index (χ2n) is 3.69. The van der Waals surface area contributed by atoms with Gasteiger partial charge in [-0.05, 0) is 29.7 Å². The number of methoxy groups -OCH3 is 1. The number of nitrogens with two attached hydrogens (primary N) is 1. The molecule has 0 saturated heterocycles. The van der Waals surface area contributed by atoms with Crippen LogP contribution >= 0.6 is 11.6 Å². The van der Waals surface area contributed by atoms with Gasteiger partial charge in [-0.25, -0.2) is 0 Å². The molecule has 0 amide bonds. The highest BCUT2D eigenvalue weighted by atomic mass is 35.5. The standard InChI is InChI=1S/C12H14ClN3O/c1-3-7-4-11(17-2)10(13)5-8(7)9-6-15-16-12(9)14/h4-6H,3H2,1-2H3,(H3,14,15,16). The number of nitrogens with zero attached hydrogens (tertiary/aromatic N) is 1. The summed E-state index contributed by atoms with van der Waals surface area (Å²) in [6.45, 7) is 2.07. The SMILES string of the molecule is CCc1cc(OC)c(Cl)cc1-c1cn[nH]c1N. The Hall–Kier alpha value is -1.68. The number of hydrogen-bond acceptors (Lipinski definition) is 3. The van der Waals surface area contributed by atoms with Crippen LogP contribution in [0.25, 0.3) is 11.1 Å². The first-order chi connectivity index (χ1) is 8.17. The molecule has 2 rings (SSSR count). The summed E-state index contributed by atoms with van der Waals surface area (Å²) in [6.07, 6.45) is 2.57. The lowest BCUT2D eigenvalue weighted by atomic mass is 9.99. The molecule has 3 N–H and O–H groups in total. The minimum absolute atomic E-state index is 0.543. The number of anilines is 1. The third kappa shape index (κ3) is 2.08. The Labute approximate surface area is 105 Å². The van der Waals surface area contributed by atoms with Gasteiger partial charge in [0.25, 0.3) is 0 Å². The lowest BCUT2D eigenvalue weighted by Crippen LogP contribution is -1.94. The first kappa shape index (κ1) is 11.8. The van der Waals surface area contributed by atoms with E-state index in [1.165, 1.54) is 0 Å². The van der Waals surface area contributed by atoms with Crippen LogP contribution in [0.1, 0.15) is 12.5 Å². The summed E-state index contributed by atoms with van der Waals surface area (Å²) < 4.78 is 5.20. The topological polar surface area (TPSA) is 63.9 Å². The first-order valence-corrected chi connectivity index (χ1v) is 5.70. The maximum atomic E-state index is 6.13. The van der Waals surface area contributed by atoms with Gasteiger partial charge < -0.3 is 10.5 Å². The van der Waals surface area contributed by atoms with Crippen LogP contribution in [0.3, 0.4) is 0 Å². The van der Waals surface area contributed by atoms with E-state index >= 15 is 0 Å². The Morgan fingerprint density at radius 2 is 2.18 bits per heavy atom. The van der Waals surface area contributed by atoms with Crippen molar-refractivity contribution in [3.8, 4) is 16.9 Å². The van der Waals surface area contributed by atoms with Gasteiger partial charge in [-0.15, -0.1) is 0 Å². The monoisotopic (exact) mass is 251 g/mol. The number of aryl methyl sites for hydroxylation is 1. The van der Waals surface area contributed by atoms with Crippen LogP contribution in [0.4, 0.5) is 5.82 Å². The fourth-order valence-electron chi connectivity index (χ4n) is 1.81. The fourth-order valence-corrected chi connectivity index (χ4v) is 2.05. The van der Waals surface area contributed by atoms with Crippen molar-refractivity contribution in [1.82, 2.24) is 10.2 Å². The minimum atomic E-state index is 0.543. The van der Waals surface area contributed by atoms with Gasteiger partial charge in [0.05, 0.1) is 18.3 Å². The van der Waals surface area contributed by atoms with Crippen molar-refractivity contribution in [2.45, 2.75) is 13.3 Å². The molecule has 0 saturated carbocycles. The van der Waals surface area contributed by atoms with Gasteiger partial charge in [-0.3, -0.25) is 5.10 Å². The van der Waals surface area contributed by atoms with E-state index in [2.05, 4.69) is 17.1 Å². The lowest BCUT2D eigenvalue weighted by molar-refractivity contribution is 0.414. The smallest absolute Gasteiger partial charge is 0.137 e. The molecular weight excluding hydrogens is 238 g/mol. The van der Waals surface area contributed by atoms with Crippen LogP contribution in [0.2, 0.25) is 5.02 Å². The Morgan fingerprint density at radius 3 is 2.71 bits per heavy atom. The van der Waals surface area contributed by atoms with Crippen LogP contribution in [0, 0.1) is 0 Å². The second kappa shape index (κ2) is 4.67. The summed E-state index contributed by atoms with van der Waals surface area (Å²) in [7, 11) is 1.60. The van der Waals surface area contributed by atoms with E-state index < -0.39 is 0 Å². The van der Waals surface area contributed by atoms with Crippen LogP contribution in [-0.4, -0.2) is 17.3 Å². The van der Waals surface area contributed by atoms with E-state index in [4.69, 9.17) is 22.1 Å². The maximum absolute atomic E-state index is 6.13. The molecule has 4 nitrogen and oxygen atoms in total. The average molecular weight is 252 g/mol. The molecule has 0 unspecified atom stereocenters. The Kier molecular flexibility index (Phi) is 3.24. The molecule has 0 atom stereocenters. The number of H-pyrrole nitrogens is 1. The predicted octanol–water partition coefficient (Wildman–Crippen LogP) is 2.88. The van der Waals surface area contributed by atoms with Gasteiger partial charge in [0, 0.05) is 5.56 Å². The molecular formula is C12H14ClN3O. The molecule has 2 aromatic rings. The molecule has 5 heteroatoms. The quantitative estimate of drug-likeness (QED) is 0.882. The Morgan fingerprint density at radius 1 is 1.41 bits per heavy atom. The normalized spacial score (nSPS) is 10.5. The first-order valence-electron chi connectivity index (χ1n) is 5.33. The van der Waals surface area contributed by atoms with Crippen molar-refractivity contribution in [2.24, 2.45) is 0 Å². The number of aromatic nitrogens is 2. The molecule has 17 heavy (non-hydrogen) atoms. The van der Waals surface area contributed by atoms with E-state index in [1.807, 2.05) is 12.1 Å². The van der Waals surface area contributed by atoms with Gasteiger partial charge in [-0.2, -0.15) is 5.10 Å². The maximum Gasteiger partial charge on any atom is 0.137 e. The summed E-state index contributed by atoms with van der Waals surface area (Å²) in [5.41, 5.74) is 8.81. The van der Waals surface area contributed by atoms with Crippen molar-refractivity contribution in [2.75, 3.05) is 12.8 Å². The van der Waals surface area contributed by atoms with Gasteiger partial charge >= 0.3 is 0 Å². The zero-order chi connectivity index (χ0) is 12.4. The lowest BCUT2D eigenvalue weighted by Gasteiger charge is -2.11. The van der Waals surface area contributed by atoms with Gasteiger partial charge in [0.15, 0.2) is 0 Å². The van der Waals surface area contributed by atoms with E-state index in [9.17, 15) is 0 Å². The fraction of sp³-hybridized carbons (Fsp3) is 0.250. The second-order valence-corrected chi connectivity index (χ2v) is 4.10. The van der Waals surface area contributed by atoms with Crippen LogP contribution < -0.4 is 10.5 Å². The van der Waals surface area contributed by atoms with Crippen LogP contribution in [0.15, 0.2) is 18.3 Å². The molecule has 0 bridgehead atoms. The number of ether oxygens (including phenoxy) is 1. The van der Waals surface area contributed by atoms with E-state index in [1.54, 1.807) is 13.3 Å². The largest absolute Gasteiger partial charge is 0.495 e.